The van der Waals surface area contributed by atoms with Crippen molar-refractivity contribution in [1.29, 1.82) is 0 Å². The number of terminal acetylenes is 1. The van der Waals surface area contributed by atoms with Gasteiger partial charge in [0.15, 0.2) is 0 Å². The third-order valence-corrected chi connectivity index (χ3v) is 3.75. The molecule has 0 atom stereocenters. The topological polar surface area (TPSA) is 72.5 Å². The highest BCUT2D eigenvalue weighted by atomic mass is 32.2. The van der Waals surface area contributed by atoms with Gasteiger partial charge in [0, 0.05) is 17.7 Å². The van der Waals surface area contributed by atoms with Gasteiger partial charge in [-0.05, 0) is 4.92 Å². The van der Waals surface area contributed by atoms with Crippen LogP contribution >= 0.6 is 23.1 Å². The molecule has 0 saturated carbocycles. The fraction of sp³-hybridized carbons (Fsp3) is 0.300. The highest BCUT2D eigenvalue weighted by Gasteiger charge is 2.22. The summed E-state index contributed by atoms with van der Waals surface area (Å²) in [7, 11) is 0. The first kappa shape index (κ1) is 12.7. The largest absolute Gasteiger partial charge is 0.372 e. The summed E-state index contributed by atoms with van der Waals surface area (Å²) in [5.74, 6) is 4.24. The molecule has 2 aromatic heterocycles. The summed E-state index contributed by atoms with van der Waals surface area (Å²) in [6, 6.07) is 0. The quantitative estimate of drug-likeness (QED) is 0.380. The summed E-state index contributed by atoms with van der Waals surface area (Å²) >= 11 is 2.96. The number of thiazole rings is 1. The third kappa shape index (κ3) is 2.57. The van der Waals surface area contributed by atoms with Crippen molar-refractivity contribution in [1.82, 2.24) is 9.38 Å². The highest BCUT2D eigenvalue weighted by Crippen LogP contribution is 2.27. The number of nitro groups is 1. The Hall–Kier alpha value is -1.72. The molecule has 2 heterocycles. The SMILES string of the molecule is C#CCSCCNc1nc2sccn2c1[N+](=O)[O-]. The van der Waals surface area contributed by atoms with Crippen molar-refractivity contribution in [2.24, 2.45) is 0 Å². The van der Waals surface area contributed by atoms with E-state index in [2.05, 4.69) is 16.2 Å². The number of nitrogens with zero attached hydrogens (tertiary/aromatic N) is 3. The third-order valence-electron chi connectivity index (χ3n) is 2.13. The fourth-order valence-electron chi connectivity index (χ4n) is 1.44. The van der Waals surface area contributed by atoms with Crippen LogP contribution in [0, 0.1) is 22.5 Å². The van der Waals surface area contributed by atoms with Crippen molar-refractivity contribution < 1.29 is 4.92 Å². The minimum absolute atomic E-state index is 0.0202. The number of rotatable bonds is 6. The van der Waals surface area contributed by atoms with Crippen LogP contribution < -0.4 is 5.32 Å². The Balaban J connectivity index is 2.08. The van der Waals surface area contributed by atoms with E-state index < -0.39 is 4.92 Å². The van der Waals surface area contributed by atoms with Crippen LogP contribution in [0.2, 0.25) is 0 Å². The number of thioether (sulfide) groups is 1. The van der Waals surface area contributed by atoms with Gasteiger partial charge in [-0.3, -0.25) is 0 Å². The number of aromatic nitrogens is 2. The van der Waals surface area contributed by atoms with E-state index in [1.54, 1.807) is 23.3 Å². The van der Waals surface area contributed by atoms with E-state index in [4.69, 9.17) is 6.42 Å². The first-order chi connectivity index (χ1) is 8.74. The predicted molar refractivity (Wildman–Crippen MR) is 74.4 cm³/mol. The summed E-state index contributed by atoms with van der Waals surface area (Å²) in [6.07, 6.45) is 6.77. The highest BCUT2D eigenvalue weighted by molar-refractivity contribution is 7.99. The molecule has 2 aromatic rings. The first-order valence-corrected chi connectivity index (χ1v) is 7.12. The van der Waals surface area contributed by atoms with E-state index in [-0.39, 0.29) is 5.82 Å². The lowest BCUT2D eigenvalue weighted by atomic mass is 10.6. The minimum Gasteiger partial charge on any atom is -0.362 e. The number of fused-ring (bicyclic) bond motifs is 1. The van der Waals surface area contributed by atoms with Gasteiger partial charge in [0.25, 0.3) is 4.96 Å². The molecule has 1 N–H and O–H groups in total. The van der Waals surface area contributed by atoms with Crippen LogP contribution in [-0.4, -0.2) is 32.4 Å². The lowest BCUT2D eigenvalue weighted by Crippen LogP contribution is -2.07. The zero-order valence-corrected chi connectivity index (χ0v) is 11.0. The van der Waals surface area contributed by atoms with Crippen molar-refractivity contribution >= 4 is 39.7 Å². The van der Waals surface area contributed by atoms with E-state index in [0.29, 0.717) is 23.1 Å². The molecule has 18 heavy (non-hydrogen) atoms. The fourth-order valence-corrected chi connectivity index (χ4v) is 2.66. The molecule has 0 aliphatic rings. The number of imidazole rings is 1. The van der Waals surface area contributed by atoms with Gasteiger partial charge in [-0.15, -0.1) is 18.2 Å². The number of anilines is 1. The molecule has 0 aromatic carbocycles. The Morgan fingerprint density at radius 3 is 3.28 bits per heavy atom. The average Bonchev–Trinajstić information content (AvgIpc) is 2.87. The van der Waals surface area contributed by atoms with Crippen LogP contribution in [0.25, 0.3) is 4.96 Å². The van der Waals surface area contributed by atoms with Gasteiger partial charge in [-0.25, -0.2) is 0 Å². The Morgan fingerprint density at radius 1 is 1.72 bits per heavy atom. The molecular weight excluding hydrogens is 272 g/mol. The molecule has 6 nitrogen and oxygen atoms in total. The van der Waals surface area contributed by atoms with Gasteiger partial charge in [0.2, 0.25) is 5.82 Å². The molecule has 0 bridgehead atoms. The maximum absolute atomic E-state index is 11.0. The standard InChI is InChI=1S/C10H10N4O2S2/c1-2-5-17-6-3-11-8-9(14(15)16)13-4-7-18-10(13)12-8/h1,4,7,11H,3,5-6H2. The van der Waals surface area contributed by atoms with E-state index in [0.717, 1.165) is 5.75 Å². The second kappa shape index (κ2) is 5.75. The van der Waals surface area contributed by atoms with Crippen molar-refractivity contribution in [2.75, 3.05) is 23.4 Å². The second-order valence-corrected chi connectivity index (χ2v) is 5.26. The van der Waals surface area contributed by atoms with Crippen LogP contribution in [0.3, 0.4) is 0 Å². The summed E-state index contributed by atoms with van der Waals surface area (Å²) in [4.78, 5) is 15.4. The molecule has 0 fully saturated rings. The minimum atomic E-state index is -0.427. The second-order valence-electron chi connectivity index (χ2n) is 3.28. The van der Waals surface area contributed by atoms with Gasteiger partial charge in [-0.1, -0.05) is 17.3 Å². The molecule has 0 amide bonds. The van der Waals surface area contributed by atoms with E-state index in [9.17, 15) is 10.1 Å². The van der Waals surface area contributed by atoms with Crippen LogP contribution in [0.5, 0.6) is 0 Å². The Kier molecular flexibility index (Phi) is 4.07. The van der Waals surface area contributed by atoms with E-state index in [1.807, 2.05) is 0 Å². The molecule has 0 saturated heterocycles. The first-order valence-electron chi connectivity index (χ1n) is 5.09. The van der Waals surface area contributed by atoms with Gasteiger partial charge < -0.3 is 15.4 Å². The molecule has 2 rings (SSSR count). The van der Waals surface area contributed by atoms with Crippen LogP contribution in [0.15, 0.2) is 11.6 Å². The van der Waals surface area contributed by atoms with Crippen LogP contribution in [0.4, 0.5) is 11.6 Å². The zero-order chi connectivity index (χ0) is 13.0. The Bertz CT molecular complexity index is 599. The molecule has 94 valence electrons. The van der Waals surface area contributed by atoms with Crippen LogP contribution in [-0.2, 0) is 0 Å². The monoisotopic (exact) mass is 282 g/mol. The predicted octanol–water partition coefficient (Wildman–Crippen LogP) is 2.08. The molecular formula is C10H10N4O2S2. The van der Waals surface area contributed by atoms with E-state index >= 15 is 0 Å². The Labute approximate surface area is 112 Å². The number of nitrogens with one attached hydrogen (secondary N) is 1. The normalized spacial score (nSPS) is 10.4. The number of hydrogen-bond donors (Lipinski definition) is 1. The van der Waals surface area contributed by atoms with Gasteiger partial charge in [0.05, 0.1) is 5.75 Å². The average molecular weight is 282 g/mol. The molecule has 8 heteroatoms. The summed E-state index contributed by atoms with van der Waals surface area (Å²) in [5.41, 5.74) is 0. The smallest absolute Gasteiger partial charge is 0.362 e. The summed E-state index contributed by atoms with van der Waals surface area (Å²) < 4.78 is 1.47. The van der Waals surface area contributed by atoms with Crippen molar-refractivity contribution in [3.8, 4) is 12.3 Å². The molecule has 0 aliphatic heterocycles. The van der Waals surface area contributed by atoms with Gasteiger partial charge in [-0.2, -0.15) is 9.38 Å². The lowest BCUT2D eigenvalue weighted by Gasteiger charge is -2.01. The molecule has 0 spiro atoms. The number of hydrogen-bond acceptors (Lipinski definition) is 6. The summed E-state index contributed by atoms with van der Waals surface area (Å²) in [6.45, 7) is 0.595. The molecule has 0 radical (unpaired) electrons. The van der Waals surface area contributed by atoms with Crippen molar-refractivity contribution in [3.05, 3.63) is 21.7 Å². The van der Waals surface area contributed by atoms with Gasteiger partial charge in [0.1, 0.15) is 6.20 Å². The van der Waals surface area contributed by atoms with Gasteiger partial charge >= 0.3 is 5.82 Å². The van der Waals surface area contributed by atoms with Crippen molar-refractivity contribution in [2.45, 2.75) is 0 Å². The van der Waals surface area contributed by atoms with Crippen LogP contribution in [0.1, 0.15) is 0 Å². The molecule has 0 aliphatic carbocycles. The molecule has 0 unspecified atom stereocenters. The maximum atomic E-state index is 11.0. The van der Waals surface area contributed by atoms with Crippen molar-refractivity contribution in [3.63, 3.8) is 0 Å². The maximum Gasteiger partial charge on any atom is 0.372 e. The Morgan fingerprint density at radius 2 is 2.56 bits per heavy atom. The summed E-state index contributed by atoms with van der Waals surface area (Å²) in [5, 5.41) is 15.7. The van der Waals surface area contributed by atoms with E-state index in [1.165, 1.54) is 15.7 Å². The zero-order valence-electron chi connectivity index (χ0n) is 9.33. The lowest BCUT2D eigenvalue weighted by molar-refractivity contribution is -0.389.